The largest absolute Gasteiger partial charge is 0.491 e. The molecule has 0 aromatic heterocycles. The smallest absolute Gasteiger partial charge is 0.130 e. The monoisotopic (exact) mass is 265 g/mol. The van der Waals surface area contributed by atoms with Crippen LogP contribution in [0.1, 0.15) is 24.8 Å². The Morgan fingerprint density at radius 1 is 1.53 bits per heavy atom. The third-order valence-corrected chi connectivity index (χ3v) is 3.58. The van der Waals surface area contributed by atoms with Crippen molar-refractivity contribution in [2.45, 2.75) is 25.3 Å². The van der Waals surface area contributed by atoms with Crippen molar-refractivity contribution in [3.8, 4) is 5.75 Å². The lowest BCUT2D eigenvalue weighted by Crippen LogP contribution is -2.40. The van der Waals surface area contributed by atoms with Crippen LogP contribution in [0, 0.1) is 11.2 Å². The van der Waals surface area contributed by atoms with E-state index in [1.165, 1.54) is 31.0 Å². The van der Waals surface area contributed by atoms with Gasteiger partial charge < -0.3 is 15.4 Å². The number of nitrogens with two attached hydrogens (primary N) is 1. The number of halogens is 1. The summed E-state index contributed by atoms with van der Waals surface area (Å²) in [5.41, 5.74) is 5.76. The van der Waals surface area contributed by atoms with Crippen molar-refractivity contribution in [3.63, 3.8) is 0 Å². The zero-order chi connectivity index (χ0) is 13.8. The molecule has 0 amide bonds. The third kappa shape index (κ3) is 3.44. The molecule has 1 unspecified atom stereocenters. The van der Waals surface area contributed by atoms with E-state index in [0.29, 0.717) is 24.0 Å². The first-order valence-corrected chi connectivity index (χ1v) is 6.55. The van der Waals surface area contributed by atoms with Gasteiger partial charge in [0.1, 0.15) is 24.0 Å². The number of hydrogen-bond acceptors (Lipinski definition) is 3. The molecule has 2 rings (SSSR count). The Kier molecular flexibility index (Phi) is 4.37. The fourth-order valence-electron chi connectivity index (χ4n) is 2.38. The maximum absolute atomic E-state index is 13.1. The maximum Gasteiger partial charge on any atom is 0.130 e. The number of benzene rings is 1. The second kappa shape index (κ2) is 6.02. The minimum atomic E-state index is -0.410. The predicted octanol–water partition coefficient (Wildman–Crippen LogP) is 1.97. The van der Waals surface area contributed by atoms with Gasteiger partial charge in [-0.05, 0) is 44.6 Å². The van der Waals surface area contributed by atoms with Crippen molar-refractivity contribution in [3.05, 3.63) is 29.6 Å². The number of hydrogen-bond donors (Lipinski definition) is 2. The van der Waals surface area contributed by atoms with Crippen LogP contribution in [0.4, 0.5) is 4.39 Å². The molecule has 5 heteroatoms. The van der Waals surface area contributed by atoms with E-state index in [9.17, 15) is 4.39 Å². The van der Waals surface area contributed by atoms with E-state index in [-0.39, 0.29) is 5.84 Å². The lowest BCUT2D eigenvalue weighted by molar-refractivity contribution is 0.125. The van der Waals surface area contributed by atoms with Crippen LogP contribution in [-0.2, 0) is 0 Å². The summed E-state index contributed by atoms with van der Waals surface area (Å²) in [6.07, 6.45) is 3.54. The highest BCUT2D eigenvalue weighted by molar-refractivity contribution is 5.97. The van der Waals surface area contributed by atoms with Gasteiger partial charge >= 0.3 is 0 Å². The normalized spacial score (nSPS) is 20.2. The van der Waals surface area contributed by atoms with E-state index in [4.69, 9.17) is 15.9 Å². The predicted molar refractivity (Wildman–Crippen MR) is 73.2 cm³/mol. The minimum absolute atomic E-state index is 0.175. The molecule has 0 saturated carbocycles. The van der Waals surface area contributed by atoms with Crippen molar-refractivity contribution in [2.75, 3.05) is 20.2 Å². The van der Waals surface area contributed by atoms with Crippen LogP contribution in [0.15, 0.2) is 18.2 Å². The SMILES string of the molecule is CN1CCCCC1COc1ccc(F)cc1C(=N)N. The van der Waals surface area contributed by atoms with Crippen molar-refractivity contribution < 1.29 is 9.13 Å². The molecule has 0 radical (unpaired) electrons. The van der Waals surface area contributed by atoms with E-state index in [2.05, 4.69) is 11.9 Å². The molecule has 1 saturated heterocycles. The van der Waals surface area contributed by atoms with E-state index >= 15 is 0 Å². The molecular formula is C14H20FN3O. The number of ether oxygens (including phenoxy) is 1. The molecule has 1 aromatic carbocycles. The molecule has 4 nitrogen and oxygen atoms in total. The number of piperidine rings is 1. The van der Waals surface area contributed by atoms with Crippen LogP contribution in [0.3, 0.4) is 0 Å². The average Bonchev–Trinajstić information content (AvgIpc) is 2.38. The molecule has 1 atom stereocenters. The van der Waals surface area contributed by atoms with Crippen molar-refractivity contribution in [1.29, 1.82) is 5.41 Å². The van der Waals surface area contributed by atoms with E-state index < -0.39 is 5.82 Å². The number of nitrogen functional groups attached to an aromatic ring is 1. The summed E-state index contributed by atoms with van der Waals surface area (Å²) in [5, 5.41) is 7.46. The summed E-state index contributed by atoms with van der Waals surface area (Å²) in [5.74, 6) is -0.105. The van der Waals surface area contributed by atoms with Crippen molar-refractivity contribution in [2.24, 2.45) is 5.73 Å². The lowest BCUT2D eigenvalue weighted by Gasteiger charge is -2.32. The van der Waals surface area contributed by atoms with E-state index in [0.717, 1.165) is 13.0 Å². The topological polar surface area (TPSA) is 62.3 Å². The van der Waals surface area contributed by atoms with Gasteiger partial charge in [-0.25, -0.2) is 4.39 Å². The Labute approximate surface area is 112 Å². The second-order valence-electron chi connectivity index (χ2n) is 5.00. The first-order valence-electron chi connectivity index (χ1n) is 6.55. The maximum atomic E-state index is 13.1. The van der Waals surface area contributed by atoms with Crippen LogP contribution < -0.4 is 10.5 Å². The van der Waals surface area contributed by atoms with Crippen LogP contribution >= 0.6 is 0 Å². The van der Waals surface area contributed by atoms with Gasteiger partial charge in [-0.2, -0.15) is 0 Å². The Bertz CT molecular complexity index is 464. The number of nitrogens with one attached hydrogen (secondary N) is 1. The van der Waals surface area contributed by atoms with Gasteiger partial charge in [-0.3, -0.25) is 5.41 Å². The second-order valence-corrected chi connectivity index (χ2v) is 5.00. The van der Waals surface area contributed by atoms with Gasteiger partial charge in [0.15, 0.2) is 0 Å². The molecule has 0 aliphatic carbocycles. The number of rotatable bonds is 4. The standard InChI is InChI=1S/C14H20FN3O/c1-18-7-3-2-4-11(18)9-19-13-6-5-10(15)8-12(13)14(16)17/h5-6,8,11H,2-4,7,9H2,1H3,(H3,16,17). The summed E-state index contributed by atoms with van der Waals surface area (Å²) in [4.78, 5) is 2.28. The molecule has 1 aliphatic rings. The van der Waals surface area contributed by atoms with Gasteiger partial charge in [-0.15, -0.1) is 0 Å². The van der Waals surface area contributed by atoms with Gasteiger partial charge in [0.2, 0.25) is 0 Å². The Morgan fingerprint density at radius 3 is 3.00 bits per heavy atom. The molecule has 0 bridgehead atoms. The zero-order valence-corrected chi connectivity index (χ0v) is 11.2. The number of amidine groups is 1. The molecule has 1 heterocycles. The molecule has 19 heavy (non-hydrogen) atoms. The number of likely N-dealkylation sites (tertiary alicyclic amines) is 1. The highest BCUT2D eigenvalue weighted by atomic mass is 19.1. The van der Waals surface area contributed by atoms with E-state index in [1.807, 2.05) is 0 Å². The molecule has 1 fully saturated rings. The molecule has 1 aromatic rings. The quantitative estimate of drug-likeness (QED) is 0.646. The molecular weight excluding hydrogens is 245 g/mol. The summed E-state index contributed by atoms with van der Waals surface area (Å²) in [7, 11) is 2.09. The molecule has 0 spiro atoms. The third-order valence-electron chi connectivity index (χ3n) is 3.58. The van der Waals surface area contributed by atoms with Crippen molar-refractivity contribution >= 4 is 5.84 Å². The fourth-order valence-corrected chi connectivity index (χ4v) is 2.38. The van der Waals surface area contributed by atoms with Crippen LogP contribution in [0.2, 0.25) is 0 Å². The minimum Gasteiger partial charge on any atom is -0.491 e. The van der Waals surface area contributed by atoms with Crippen LogP contribution in [0.5, 0.6) is 5.75 Å². The number of nitrogens with zero attached hydrogens (tertiary/aromatic N) is 1. The lowest BCUT2D eigenvalue weighted by atomic mass is 10.0. The van der Waals surface area contributed by atoms with Crippen LogP contribution in [-0.4, -0.2) is 37.0 Å². The molecule has 1 aliphatic heterocycles. The number of likely N-dealkylation sites (N-methyl/N-ethyl adjacent to an activating group) is 1. The molecule has 3 N–H and O–H groups in total. The Hall–Kier alpha value is -1.62. The fraction of sp³-hybridized carbons (Fsp3) is 0.500. The Balaban J connectivity index is 2.04. The molecule has 104 valence electrons. The van der Waals surface area contributed by atoms with Gasteiger partial charge in [0.05, 0.1) is 5.56 Å². The van der Waals surface area contributed by atoms with Crippen LogP contribution in [0.25, 0.3) is 0 Å². The first kappa shape index (κ1) is 13.8. The van der Waals surface area contributed by atoms with Gasteiger partial charge in [0, 0.05) is 6.04 Å². The van der Waals surface area contributed by atoms with Gasteiger partial charge in [-0.1, -0.05) is 6.42 Å². The first-order chi connectivity index (χ1) is 9.08. The highest BCUT2D eigenvalue weighted by Crippen LogP contribution is 2.21. The summed E-state index contributed by atoms with van der Waals surface area (Å²) < 4.78 is 18.9. The van der Waals surface area contributed by atoms with Crippen molar-refractivity contribution in [1.82, 2.24) is 4.90 Å². The van der Waals surface area contributed by atoms with E-state index in [1.54, 1.807) is 0 Å². The summed E-state index contributed by atoms with van der Waals surface area (Å²) in [6, 6.07) is 4.47. The average molecular weight is 265 g/mol. The zero-order valence-electron chi connectivity index (χ0n) is 11.2. The summed E-state index contributed by atoms with van der Waals surface area (Å²) in [6.45, 7) is 1.62. The summed E-state index contributed by atoms with van der Waals surface area (Å²) >= 11 is 0. The van der Waals surface area contributed by atoms with Gasteiger partial charge in [0.25, 0.3) is 0 Å². The highest BCUT2D eigenvalue weighted by Gasteiger charge is 2.20. The Morgan fingerprint density at radius 2 is 2.32 bits per heavy atom.